The molecule has 6 rings (SSSR count). The van der Waals surface area contributed by atoms with Crippen LogP contribution in [0.3, 0.4) is 0 Å². The highest BCUT2D eigenvalue weighted by atomic mass is 35.5. The first kappa shape index (κ1) is 31.3. The molecule has 3 aromatic rings. The van der Waals surface area contributed by atoms with Gasteiger partial charge in [-0.3, -0.25) is 19.2 Å². The third kappa shape index (κ3) is 6.79. The van der Waals surface area contributed by atoms with Crippen LogP contribution in [0, 0.1) is 5.92 Å². The molecule has 4 atom stereocenters. The van der Waals surface area contributed by atoms with E-state index in [0.29, 0.717) is 41.0 Å². The fourth-order valence-electron chi connectivity index (χ4n) is 6.01. The summed E-state index contributed by atoms with van der Waals surface area (Å²) < 4.78 is 12.9. The van der Waals surface area contributed by atoms with Gasteiger partial charge in [0.05, 0.1) is 25.2 Å². The van der Waals surface area contributed by atoms with Crippen LogP contribution in [0.5, 0.6) is 11.5 Å². The summed E-state index contributed by atoms with van der Waals surface area (Å²) in [5.41, 5.74) is 1.91. The summed E-state index contributed by atoms with van der Waals surface area (Å²) in [6, 6.07) is 9.56. The van der Waals surface area contributed by atoms with E-state index in [1.807, 2.05) is 44.2 Å². The number of hydrogen-bond donors (Lipinski definition) is 3. The van der Waals surface area contributed by atoms with E-state index in [-0.39, 0.29) is 56.1 Å². The monoisotopic (exact) mass is 649 g/mol. The molecule has 0 spiro atoms. The maximum Gasteiger partial charge on any atom is 0.243 e. The van der Waals surface area contributed by atoms with Gasteiger partial charge in [-0.1, -0.05) is 61.0 Å². The highest BCUT2D eigenvalue weighted by molar-refractivity contribution is 6.31. The number of nitrogens with zero attached hydrogens (tertiary/aromatic N) is 4. The third-order valence-corrected chi connectivity index (χ3v) is 8.84. The summed E-state index contributed by atoms with van der Waals surface area (Å²) in [5, 5.41) is 17.4. The fraction of sp³-hybridized carbons (Fsp3) is 0.438. The molecule has 242 valence electrons. The molecule has 1 saturated heterocycles. The minimum absolute atomic E-state index is 0.0735. The Balaban J connectivity index is 1.28. The van der Waals surface area contributed by atoms with Crippen LogP contribution in [0.25, 0.3) is 0 Å². The molecule has 0 radical (unpaired) electrons. The first-order valence-corrected chi connectivity index (χ1v) is 15.7. The van der Waals surface area contributed by atoms with E-state index in [1.54, 1.807) is 23.0 Å². The van der Waals surface area contributed by atoms with Gasteiger partial charge in [0.15, 0.2) is 11.5 Å². The quantitative estimate of drug-likeness (QED) is 0.376. The number of rotatable bonds is 5. The van der Waals surface area contributed by atoms with Crippen LogP contribution < -0.4 is 25.4 Å². The van der Waals surface area contributed by atoms with Crippen LogP contribution >= 0.6 is 11.6 Å². The number of benzene rings is 2. The van der Waals surface area contributed by atoms with E-state index < -0.39 is 29.9 Å². The van der Waals surface area contributed by atoms with Crippen molar-refractivity contribution in [3.8, 4) is 11.5 Å². The smallest absolute Gasteiger partial charge is 0.243 e. The lowest BCUT2D eigenvalue weighted by atomic mass is 10.00. The van der Waals surface area contributed by atoms with Crippen molar-refractivity contribution in [1.82, 2.24) is 35.8 Å². The molecule has 0 aliphatic carbocycles. The average molecular weight is 650 g/mol. The Kier molecular flexibility index (Phi) is 9.11. The molecule has 3 N–H and O–H groups in total. The van der Waals surface area contributed by atoms with Gasteiger partial charge in [-0.2, -0.15) is 0 Å². The van der Waals surface area contributed by atoms with Gasteiger partial charge in [0, 0.05) is 30.5 Å². The lowest BCUT2D eigenvalue weighted by Crippen LogP contribution is -2.58. The van der Waals surface area contributed by atoms with Crippen LogP contribution in [0.4, 0.5) is 0 Å². The molecular weight excluding hydrogens is 614 g/mol. The molecule has 3 aliphatic rings. The van der Waals surface area contributed by atoms with E-state index >= 15 is 0 Å². The van der Waals surface area contributed by atoms with Gasteiger partial charge in [0.2, 0.25) is 23.6 Å². The first-order chi connectivity index (χ1) is 22.2. The largest absolute Gasteiger partial charge is 0.486 e. The number of carbonyl (C=O) groups is 4. The van der Waals surface area contributed by atoms with Gasteiger partial charge in [-0.25, -0.2) is 4.68 Å². The van der Waals surface area contributed by atoms with Crippen LogP contribution in [-0.4, -0.2) is 81.4 Å². The Hall–Kier alpha value is -4.65. The number of fused-ring (bicyclic) bond motifs is 6. The van der Waals surface area contributed by atoms with Crippen LogP contribution in [0.1, 0.15) is 43.1 Å². The number of likely N-dealkylation sites (tertiary alicyclic amines) is 1. The second-order valence-corrected chi connectivity index (χ2v) is 12.5. The van der Waals surface area contributed by atoms with Gasteiger partial charge in [0.1, 0.15) is 37.0 Å². The normalized spacial score (nSPS) is 23.2. The molecule has 3 aliphatic heterocycles. The summed E-state index contributed by atoms with van der Waals surface area (Å²) in [6.45, 7) is 4.70. The molecule has 14 heteroatoms. The van der Waals surface area contributed by atoms with Crippen molar-refractivity contribution in [3.05, 3.63) is 70.5 Å². The predicted octanol–water partition coefficient (Wildman–Crippen LogP) is 1.59. The third-order valence-electron chi connectivity index (χ3n) is 8.49. The topological polar surface area (TPSA) is 157 Å². The number of aromatic nitrogens is 3. The molecule has 4 amide bonds. The zero-order chi connectivity index (χ0) is 32.4. The van der Waals surface area contributed by atoms with Crippen molar-refractivity contribution in [2.75, 3.05) is 19.8 Å². The Morgan fingerprint density at radius 3 is 2.50 bits per heavy atom. The maximum atomic E-state index is 13.9. The molecule has 2 aromatic carbocycles. The number of carbonyl (C=O) groups excluding carboxylic acids is 4. The first-order valence-electron chi connectivity index (χ1n) is 15.4. The van der Waals surface area contributed by atoms with Gasteiger partial charge >= 0.3 is 0 Å². The van der Waals surface area contributed by atoms with Crippen molar-refractivity contribution in [1.29, 1.82) is 0 Å². The number of halogens is 1. The highest BCUT2D eigenvalue weighted by Gasteiger charge is 2.42. The lowest BCUT2D eigenvalue weighted by molar-refractivity contribution is -0.139. The summed E-state index contributed by atoms with van der Waals surface area (Å²) in [5.74, 6) is -0.954. The standard InChI is InChI=1S/C32H36ClN7O6/c1-18(2)29-32(44)35-24(10-19-6-4-3-5-7-19)30(42)34-15-21-16-40(38-37-21)22-13-25(31(43)36-29)39(17-22)28(41)12-20-11-26-27(14-23(20)33)46-9-8-45-26/h3-7,11,14,16,18,22,24-25,29H,8-10,12-13,15,17H2,1-2H3,(H,34,42)(H,35,44)(H,36,43)/t22-,24+,25-,29-/m0/s1. The minimum Gasteiger partial charge on any atom is -0.486 e. The average Bonchev–Trinajstić information content (AvgIpc) is 3.70. The minimum atomic E-state index is -0.954. The molecule has 1 fully saturated rings. The lowest BCUT2D eigenvalue weighted by Gasteiger charge is -2.29. The van der Waals surface area contributed by atoms with Crippen molar-refractivity contribution >= 4 is 35.2 Å². The van der Waals surface area contributed by atoms with Crippen LogP contribution in [0.2, 0.25) is 5.02 Å². The summed E-state index contributed by atoms with van der Waals surface area (Å²) in [4.78, 5) is 56.3. The number of amides is 4. The fourth-order valence-corrected chi connectivity index (χ4v) is 6.23. The molecule has 1 aromatic heterocycles. The Labute approximate surface area is 270 Å². The van der Waals surface area contributed by atoms with Crippen molar-refractivity contribution in [2.24, 2.45) is 5.92 Å². The zero-order valence-corrected chi connectivity index (χ0v) is 26.3. The molecule has 0 saturated carbocycles. The van der Waals surface area contributed by atoms with E-state index in [4.69, 9.17) is 21.1 Å². The van der Waals surface area contributed by atoms with E-state index in [2.05, 4.69) is 26.3 Å². The Morgan fingerprint density at radius 2 is 1.76 bits per heavy atom. The Bertz CT molecular complexity index is 1630. The second-order valence-electron chi connectivity index (χ2n) is 12.1. The van der Waals surface area contributed by atoms with Gasteiger partial charge in [-0.15, -0.1) is 5.10 Å². The van der Waals surface area contributed by atoms with Crippen LogP contribution in [-0.2, 0) is 38.6 Å². The molecular formula is C32H36ClN7O6. The van der Waals surface area contributed by atoms with E-state index in [1.165, 1.54) is 4.90 Å². The highest BCUT2D eigenvalue weighted by Crippen LogP contribution is 2.36. The molecule has 0 unspecified atom stereocenters. The summed E-state index contributed by atoms with van der Waals surface area (Å²) in [6.07, 6.45) is 2.13. The number of ether oxygens (including phenoxy) is 2. The number of nitrogens with one attached hydrogen (secondary N) is 3. The van der Waals surface area contributed by atoms with Gasteiger partial charge < -0.3 is 30.3 Å². The van der Waals surface area contributed by atoms with Gasteiger partial charge in [0.25, 0.3) is 0 Å². The zero-order valence-electron chi connectivity index (χ0n) is 25.6. The molecule has 46 heavy (non-hydrogen) atoms. The molecule has 13 nitrogen and oxygen atoms in total. The predicted molar refractivity (Wildman–Crippen MR) is 166 cm³/mol. The SMILES string of the molecule is CC(C)[C@@H]1NC(=O)[C@@H]2C[C@@H](CN2C(=O)Cc2cc3c(cc2Cl)OCCO3)n2cc(nn2)CNC(=O)[C@@H](Cc2ccccc2)NC1=O. The summed E-state index contributed by atoms with van der Waals surface area (Å²) >= 11 is 6.52. The summed E-state index contributed by atoms with van der Waals surface area (Å²) in [7, 11) is 0. The van der Waals surface area contributed by atoms with Crippen molar-refractivity contribution in [3.63, 3.8) is 0 Å². The van der Waals surface area contributed by atoms with E-state index in [9.17, 15) is 19.2 Å². The van der Waals surface area contributed by atoms with E-state index in [0.717, 1.165) is 5.56 Å². The molecule has 4 bridgehead atoms. The van der Waals surface area contributed by atoms with Crippen molar-refractivity contribution < 1.29 is 28.7 Å². The Morgan fingerprint density at radius 1 is 1.02 bits per heavy atom. The maximum absolute atomic E-state index is 13.9. The van der Waals surface area contributed by atoms with Gasteiger partial charge in [-0.05, 0) is 23.1 Å². The number of hydrogen-bond acceptors (Lipinski definition) is 8. The molecule has 4 heterocycles. The second kappa shape index (κ2) is 13.4. The van der Waals surface area contributed by atoms with Crippen molar-refractivity contribution in [2.45, 2.75) is 63.8 Å². The van der Waals surface area contributed by atoms with Crippen LogP contribution in [0.15, 0.2) is 48.7 Å².